The molecule has 2 aromatic rings. The summed E-state index contributed by atoms with van der Waals surface area (Å²) in [6.45, 7) is 0. The van der Waals surface area contributed by atoms with E-state index in [9.17, 15) is 14.9 Å². The zero-order chi connectivity index (χ0) is 15.6. The fourth-order valence-electron chi connectivity index (χ4n) is 1.56. The van der Waals surface area contributed by atoms with Crippen LogP contribution in [0.1, 0.15) is 10.4 Å². The van der Waals surface area contributed by atoms with Gasteiger partial charge in [0.25, 0.3) is 5.91 Å². The summed E-state index contributed by atoms with van der Waals surface area (Å²) < 4.78 is 0.587. The normalized spacial score (nSPS) is 10.2. The zero-order valence-electron chi connectivity index (χ0n) is 10.1. The number of nitro groups is 1. The number of pyridine rings is 1. The van der Waals surface area contributed by atoms with E-state index in [0.29, 0.717) is 15.2 Å². The smallest absolute Gasteiger partial charge is 0.319 e. The average molecular weight is 391 g/mol. The van der Waals surface area contributed by atoms with E-state index in [4.69, 9.17) is 23.2 Å². The number of carbonyl (C=O) groups is 1. The van der Waals surface area contributed by atoms with Gasteiger partial charge < -0.3 is 5.32 Å². The number of nitrogens with one attached hydrogen (secondary N) is 1. The van der Waals surface area contributed by atoms with Gasteiger partial charge in [0.15, 0.2) is 0 Å². The van der Waals surface area contributed by atoms with Crippen molar-refractivity contribution < 1.29 is 9.72 Å². The Hall–Kier alpha value is -1.70. The van der Waals surface area contributed by atoms with Gasteiger partial charge >= 0.3 is 5.69 Å². The summed E-state index contributed by atoms with van der Waals surface area (Å²) in [5, 5.41) is 13.6. The number of aromatic nitrogens is 1. The highest BCUT2D eigenvalue weighted by Gasteiger charge is 2.24. The summed E-state index contributed by atoms with van der Waals surface area (Å²) in [5.74, 6) is -0.666. The Morgan fingerprint density at radius 3 is 2.67 bits per heavy atom. The molecule has 0 atom stereocenters. The van der Waals surface area contributed by atoms with Crippen LogP contribution in [0.15, 0.2) is 34.9 Å². The van der Waals surface area contributed by atoms with Gasteiger partial charge in [-0.15, -0.1) is 0 Å². The fourth-order valence-corrected chi connectivity index (χ4v) is 2.28. The molecule has 0 radical (unpaired) electrons. The number of carbonyl (C=O) groups excluding carboxylic acids is 1. The van der Waals surface area contributed by atoms with Gasteiger partial charge in [0, 0.05) is 16.4 Å². The SMILES string of the molecule is O=C(Nc1ccc(Cl)c(Br)c1)c1ccnc(Cl)c1[N+](=O)[O-]. The topological polar surface area (TPSA) is 85.1 Å². The van der Waals surface area contributed by atoms with Gasteiger partial charge in [0.2, 0.25) is 5.15 Å². The van der Waals surface area contributed by atoms with Crippen LogP contribution in [0.4, 0.5) is 11.4 Å². The first-order valence-corrected chi connectivity index (χ1v) is 7.00. The van der Waals surface area contributed by atoms with E-state index in [1.165, 1.54) is 12.3 Å². The third-order valence-electron chi connectivity index (χ3n) is 2.48. The van der Waals surface area contributed by atoms with E-state index in [1.54, 1.807) is 18.2 Å². The van der Waals surface area contributed by atoms with Crippen LogP contribution >= 0.6 is 39.1 Å². The number of hydrogen-bond acceptors (Lipinski definition) is 4. The van der Waals surface area contributed by atoms with Crippen LogP contribution in [0.3, 0.4) is 0 Å². The van der Waals surface area contributed by atoms with Crippen LogP contribution in [0.2, 0.25) is 10.2 Å². The van der Waals surface area contributed by atoms with Crippen molar-refractivity contribution in [1.29, 1.82) is 0 Å². The molecule has 1 heterocycles. The monoisotopic (exact) mass is 389 g/mol. The highest BCUT2D eigenvalue weighted by atomic mass is 79.9. The summed E-state index contributed by atoms with van der Waals surface area (Å²) in [5.41, 5.74) is -0.283. The second kappa shape index (κ2) is 6.38. The Morgan fingerprint density at radius 1 is 1.33 bits per heavy atom. The molecule has 0 bridgehead atoms. The molecular formula is C12H6BrCl2N3O3. The van der Waals surface area contributed by atoms with Crippen molar-refractivity contribution >= 4 is 56.4 Å². The number of hydrogen-bond donors (Lipinski definition) is 1. The molecular weight excluding hydrogens is 385 g/mol. The number of halogens is 3. The molecule has 0 saturated carbocycles. The first-order chi connectivity index (χ1) is 9.90. The molecule has 0 saturated heterocycles. The summed E-state index contributed by atoms with van der Waals surface area (Å²) >= 11 is 14.7. The number of benzene rings is 1. The molecule has 1 aromatic heterocycles. The molecule has 0 fully saturated rings. The minimum absolute atomic E-state index is 0.175. The summed E-state index contributed by atoms with van der Waals surface area (Å²) in [6, 6.07) is 5.95. The third kappa shape index (κ3) is 3.49. The van der Waals surface area contributed by atoms with Crippen molar-refractivity contribution in [2.45, 2.75) is 0 Å². The van der Waals surface area contributed by atoms with E-state index in [-0.39, 0.29) is 10.7 Å². The summed E-state index contributed by atoms with van der Waals surface area (Å²) in [6.07, 6.45) is 1.22. The fraction of sp³-hybridized carbons (Fsp3) is 0. The van der Waals surface area contributed by atoms with Crippen molar-refractivity contribution in [1.82, 2.24) is 4.98 Å². The lowest BCUT2D eigenvalue weighted by atomic mass is 10.2. The molecule has 1 N–H and O–H groups in total. The maximum absolute atomic E-state index is 12.1. The van der Waals surface area contributed by atoms with Gasteiger partial charge in [-0.05, 0) is 40.2 Å². The van der Waals surface area contributed by atoms with Crippen LogP contribution in [-0.2, 0) is 0 Å². The Kier molecular flexibility index (Phi) is 4.76. The van der Waals surface area contributed by atoms with Gasteiger partial charge in [-0.2, -0.15) is 0 Å². The van der Waals surface area contributed by atoms with Gasteiger partial charge in [-0.25, -0.2) is 4.98 Å². The number of nitrogens with zero attached hydrogens (tertiary/aromatic N) is 2. The number of anilines is 1. The largest absolute Gasteiger partial charge is 0.322 e. The highest BCUT2D eigenvalue weighted by Crippen LogP contribution is 2.28. The van der Waals surface area contributed by atoms with E-state index >= 15 is 0 Å². The second-order valence-electron chi connectivity index (χ2n) is 3.84. The van der Waals surface area contributed by atoms with Crippen LogP contribution in [0, 0.1) is 10.1 Å². The predicted molar refractivity (Wildman–Crippen MR) is 83.0 cm³/mol. The first kappa shape index (κ1) is 15.7. The Morgan fingerprint density at radius 2 is 2.05 bits per heavy atom. The molecule has 108 valence electrons. The Bertz CT molecular complexity index is 740. The molecule has 21 heavy (non-hydrogen) atoms. The molecule has 0 aliphatic rings. The van der Waals surface area contributed by atoms with E-state index in [2.05, 4.69) is 26.2 Å². The second-order valence-corrected chi connectivity index (χ2v) is 5.46. The predicted octanol–water partition coefficient (Wildman–Crippen LogP) is 4.31. The van der Waals surface area contributed by atoms with Crippen molar-refractivity contribution in [2.24, 2.45) is 0 Å². The van der Waals surface area contributed by atoms with Crippen LogP contribution in [0.25, 0.3) is 0 Å². The molecule has 0 aliphatic carbocycles. The van der Waals surface area contributed by atoms with E-state index < -0.39 is 16.5 Å². The lowest BCUT2D eigenvalue weighted by molar-refractivity contribution is -0.385. The first-order valence-electron chi connectivity index (χ1n) is 5.45. The maximum Gasteiger partial charge on any atom is 0.319 e. The van der Waals surface area contributed by atoms with Gasteiger partial charge in [-0.1, -0.05) is 23.2 Å². The zero-order valence-corrected chi connectivity index (χ0v) is 13.2. The summed E-state index contributed by atoms with van der Waals surface area (Å²) in [4.78, 5) is 26.0. The lowest BCUT2D eigenvalue weighted by Gasteiger charge is -2.07. The third-order valence-corrected chi connectivity index (χ3v) is 3.97. The number of amides is 1. The van der Waals surface area contributed by atoms with Crippen molar-refractivity contribution in [3.8, 4) is 0 Å². The standard InChI is InChI=1S/C12H6BrCl2N3O3/c13-8-5-6(1-2-9(8)14)17-12(19)7-3-4-16-11(15)10(7)18(20)21/h1-5H,(H,17,19). The Balaban J connectivity index is 2.35. The van der Waals surface area contributed by atoms with Gasteiger partial charge in [0.05, 0.1) is 9.95 Å². The molecule has 9 heteroatoms. The summed E-state index contributed by atoms with van der Waals surface area (Å²) in [7, 11) is 0. The maximum atomic E-state index is 12.1. The lowest BCUT2D eigenvalue weighted by Crippen LogP contribution is -2.14. The van der Waals surface area contributed by atoms with Crippen LogP contribution in [-0.4, -0.2) is 15.8 Å². The van der Waals surface area contributed by atoms with Gasteiger partial charge in [-0.3, -0.25) is 14.9 Å². The van der Waals surface area contributed by atoms with Crippen molar-refractivity contribution in [3.63, 3.8) is 0 Å². The van der Waals surface area contributed by atoms with Crippen LogP contribution in [0.5, 0.6) is 0 Å². The molecule has 0 aliphatic heterocycles. The van der Waals surface area contributed by atoms with E-state index in [1.807, 2.05) is 0 Å². The number of rotatable bonds is 3. The quantitative estimate of drug-likeness (QED) is 0.480. The van der Waals surface area contributed by atoms with Crippen molar-refractivity contribution in [3.05, 3.63) is 60.8 Å². The van der Waals surface area contributed by atoms with Crippen LogP contribution < -0.4 is 5.32 Å². The minimum atomic E-state index is -0.748. The molecule has 0 unspecified atom stereocenters. The minimum Gasteiger partial charge on any atom is -0.322 e. The molecule has 2 rings (SSSR count). The van der Waals surface area contributed by atoms with Gasteiger partial charge in [0.1, 0.15) is 5.56 Å². The molecule has 6 nitrogen and oxygen atoms in total. The average Bonchev–Trinajstić information content (AvgIpc) is 2.42. The molecule has 1 aromatic carbocycles. The molecule has 0 spiro atoms. The van der Waals surface area contributed by atoms with E-state index in [0.717, 1.165) is 0 Å². The van der Waals surface area contributed by atoms with Crippen molar-refractivity contribution in [2.75, 3.05) is 5.32 Å². The Labute approximate surface area is 137 Å². The highest BCUT2D eigenvalue weighted by molar-refractivity contribution is 9.10. The molecule has 1 amide bonds.